The summed E-state index contributed by atoms with van der Waals surface area (Å²) >= 11 is 1.40. The predicted molar refractivity (Wildman–Crippen MR) is 139 cm³/mol. The zero-order chi connectivity index (χ0) is 25.7. The molecule has 196 valence electrons. The quantitative estimate of drug-likeness (QED) is 0.222. The molecule has 0 radical (unpaired) electrons. The summed E-state index contributed by atoms with van der Waals surface area (Å²) in [5.41, 5.74) is 6.73. The maximum absolute atomic E-state index is 13.6. The number of hydrogen-bond acceptors (Lipinski definition) is 7. The van der Waals surface area contributed by atoms with Crippen molar-refractivity contribution in [1.82, 2.24) is 9.88 Å². The number of carbonyl (C=O) groups excluding carboxylic acids is 2. The van der Waals surface area contributed by atoms with Crippen LogP contribution in [0.3, 0.4) is 0 Å². The smallest absolute Gasteiger partial charge is 0.357 e. The van der Waals surface area contributed by atoms with Crippen molar-refractivity contribution >= 4 is 23.2 Å². The van der Waals surface area contributed by atoms with Crippen molar-refractivity contribution in [3.63, 3.8) is 0 Å². The molecule has 0 aromatic carbocycles. The van der Waals surface area contributed by atoms with E-state index in [1.807, 2.05) is 18.7 Å². The van der Waals surface area contributed by atoms with Crippen molar-refractivity contribution in [2.75, 3.05) is 19.8 Å². The Hall–Kier alpha value is -1.51. The van der Waals surface area contributed by atoms with Gasteiger partial charge in [-0.15, -0.1) is 11.3 Å². The highest BCUT2D eigenvalue weighted by Gasteiger charge is 2.34. The lowest BCUT2D eigenvalue weighted by atomic mass is 9.92. The van der Waals surface area contributed by atoms with E-state index in [0.717, 1.165) is 37.1 Å². The minimum absolute atomic E-state index is 0.0196. The zero-order valence-corrected chi connectivity index (χ0v) is 23.2. The van der Waals surface area contributed by atoms with Gasteiger partial charge in [0.1, 0.15) is 11.1 Å². The first-order valence-corrected chi connectivity index (χ1v) is 13.9. The molecule has 0 bridgehead atoms. The van der Waals surface area contributed by atoms with E-state index in [1.165, 1.54) is 11.3 Å². The molecule has 0 saturated carbocycles. The van der Waals surface area contributed by atoms with E-state index in [1.54, 1.807) is 12.3 Å². The lowest BCUT2D eigenvalue weighted by Gasteiger charge is -2.38. The first-order valence-electron chi connectivity index (χ1n) is 13.0. The Morgan fingerprint density at radius 1 is 1.09 bits per heavy atom. The van der Waals surface area contributed by atoms with E-state index in [0.29, 0.717) is 31.9 Å². The topological polar surface area (TPSA) is 94.8 Å². The molecule has 1 aromatic rings. The summed E-state index contributed by atoms with van der Waals surface area (Å²) in [5, 5.41) is 2.45. The number of nitrogens with two attached hydrogens (primary N) is 1. The molecule has 0 spiro atoms. The van der Waals surface area contributed by atoms with Crippen LogP contribution in [0.25, 0.3) is 0 Å². The number of unbranched alkanes of at least 4 members (excludes halogenated alkanes) is 3. The van der Waals surface area contributed by atoms with Crippen LogP contribution in [0.5, 0.6) is 0 Å². The van der Waals surface area contributed by atoms with Gasteiger partial charge < -0.3 is 20.1 Å². The number of amides is 1. The summed E-state index contributed by atoms with van der Waals surface area (Å²) in [5.74, 6) is -0.0713. The van der Waals surface area contributed by atoms with Crippen molar-refractivity contribution < 1.29 is 19.1 Å². The normalized spacial score (nSPS) is 15.1. The maximum atomic E-state index is 13.6. The molecule has 1 amide bonds. The molecule has 4 atom stereocenters. The number of rotatable bonds is 17. The molecule has 8 heteroatoms. The van der Waals surface area contributed by atoms with Gasteiger partial charge in [0.15, 0.2) is 5.69 Å². The number of carbonyl (C=O) groups is 2. The van der Waals surface area contributed by atoms with Crippen LogP contribution in [-0.2, 0) is 14.3 Å². The maximum Gasteiger partial charge on any atom is 0.357 e. The lowest BCUT2D eigenvalue weighted by molar-refractivity contribution is -0.138. The Kier molecular flexibility index (Phi) is 14.6. The second kappa shape index (κ2) is 16.2. The van der Waals surface area contributed by atoms with Gasteiger partial charge in [-0.1, -0.05) is 60.3 Å². The number of hydrogen-bond donors (Lipinski definition) is 1. The van der Waals surface area contributed by atoms with Crippen LogP contribution in [0.15, 0.2) is 5.38 Å². The van der Waals surface area contributed by atoms with Gasteiger partial charge in [0.2, 0.25) is 5.91 Å². The van der Waals surface area contributed by atoms with Crippen LogP contribution in [0.1, 0.15) is 109 Å². The summed E-state index contributed by atoms with van der Waals surface area (Å²) in [7, 11) is 0. The van der Waals surface area contributed by atoms with E-state index in [9.17, 15) is 9.59 Å². The van der Waals surface area contributed by atoms with Crippen molar-refractivity contribution in [3.8, 4) is 0 Å². The van der Waals surface area contributed by atoms with Crippen molar-refractivity contribution in [1.29, 1.82) is 0 Å². The second-order valence-corrected chi connectivity index (χ2v) is 10.2. The fourth-order valence-corrected chi connectivity index (χ4v) is 4.84. The highest BCUT2D eigenvalue weighted by atomic mass is 32.1. The fraction of sp³-hybridized carbons (Fsp3) is 0.808. The first-order chi connectivity index (χ1) is 16.2. The lowest BCUT2D eigenvalue weighted by Crippen LogP contribution is -2.53. The van der Waals surface area contributed by atoms with E-state index >= 15 is 0 Å². The summed E-state index contributed by atoms with van der Waals surface area (Å²) in [6, 6.07) is -0.561. The number of nitrogens with zero attached hydrogens (tertiary/aromatic N) is 2. The summed E-state index contributed by atoms with van der Waals surface area (Å²) in [4.78, 5) is 32.2. The third-order valence-corrected chi connectivity index (χ3v) is 7.29. The van der Waals surface area contributed by atoms with Gasteiger partial charge in [0.25, 0.3) is 0 Å². The molecule has 1 aromatic heterocycles. The van der Waals surface area contributed by atoms with Crippen LogP contribution in [0.4, 0.5) is 0 Å². The van der Waals surface area contributed by atoms with Gasteiger partial charge in [-0.25, -0.2) is 9.78 Å². The number of aromatic nitrogens is 1. The molecule has 0 saturated heterocycles. The van der Waals surface area contributed by atoms with Gasteiger partial charge >= 0.3 is 5.97 Å². The summed E-state index contributed by atoms with van der Waals surface area (Å²) < 4.78 is 11.2. The third-order valence-electron chi connectivity index (χ3n) is 6.35. The molecule has 0 fully saturated rings. The molecule has 1 heterocycles. The van der Waals surface area contributed by atoms with Crippen molar-refractivity contribution in [3.05, 3.63) is 16.1 Å². The van der Waals surface area contributed by atoms with Crippen molar-refractivity contribution in [2.24, 2.45) is 17.6 Å². The summed E-state index contributed by atoms with van der Waals surface area (Å²) in [6.45, 7) is 15.8. The van der Waals surface area contributed by atoms with E-state index in [2.05, 4.69) is 32.7 Å². The molecule has 1 rings (SSSR count). The fourth-order valence-electron chi connectivity index (χ4n) is 3.99. The van der Waals surface area contributed by atoms with E-state index in [-0.39, 0.29) is 29.9 Å². The monoisotopic (exact) mass is 497 g/mol. The molecule has 0 aliphatic carbocycles. The second-order valence-electron chi connectivity index (χ2n) is 9.29. The SMILES string of the molecule is CCCCCCN(C(=O)C(N)[C@@H](C)CC)[C@H](C[C@@H](OCC)c1nc(C(=O)OCC)cs1)C(C)C. The first kappa shape index (κ1) is 30.5. The Bertz CT molecular complexity index is 725. The zero-order valence-electron chi connectivity index (χ0n) is 22.3. The Morgan fingerprint density at radius 2 is 1.79 bits per heavy atom. The number of esters is 1. The molecule has 0 aliphatic rings. The average molecular weight is 498 g/mol. The minimum atomic E-state index is -0.516. The minimum Gasteiger partial charge on any atom is -0.461 e. The molecule has 0 aliphatic heterocycles. The third kappa shape index (κ3) is 9.27. The van der Waals surface area contributed by atoms with Gasteiger partial charge in [-0.05, 0) is 32.1 Å². The van der Waals surface area contributed by atoms with Crippen LogP contribution in [0.2, 0.25) is 0 Å². The Balaban J connectivity index is 3.20. The molecule has 7 nitrogen and oxygen atoms in total. The molecule has 34 heavy (non-hydrogen) atoms. The van der Waals surface area contributed by atoms with Gasteiger partial charge in [-0.2, -0.15) is 0 Å². The van der Waals surface area contributed by atoms with Crippen molar-refractivity contribution in [2.45, 2.75) is 105 Å². The summed E-state index contributed by atoms with van der Waals surface area (Å²) in [6.07, 6.45) is 5.51. The number of ether oxygens (including phenoxy) is 2. The largest absolute Gasteiger partial charge is 0.461 e. The Labute approximate surface area is 210 Å². The standard InChI is InChI=1S/C26H47N3O4S/c1-8-12-13-14-15-29(25(30)23(27)19(7)9-2)21(18(5)6)16-22(32-10-3)24-28-20(17-34-24)26(31)33-11-4/h17-19,21-23H,8-16,27H2,1-7H3/t19-,21+,22+,23?/m0/s1. The Morgan fingerprint density at radius 3 is 2.35 bits per heavy atom. The highest BCUT2D eigenvalue weighted by molar-refractivity contribution is 7.09. The molecular weight excluding hydrogens is 450 g/mol. The molecular formula is C26H47N3O4S. The van der Waals surface area contributed by atoms with Crippen LogP contribution < -0.4 is 5.73 Å². The molecule has 2 N–H and O–H groups in total. The average Bonchev–Trinajstić information content (AvgIpc) is 3.31. The van der Waals surface area contributed by atoms with Crippen LogP contribution in [-0.4, -0.2) is 53.6 Å². The number of thiazole rings is 1. The van der Waals surface area contributed by atoms with Crippen LogP contribution in [0, 0.1) is 11.8 Å². The van der Waals surface area contributed by atoms with Gasteiger partial charge in [0, 0.05) is 31.0 Å². The van der Waals surface area contributed by atoms with E-state index < -0.39 is 12.0 Å². The predicted octanol–water partition coefficient (Wildman–Crippen LogP) is 5.59. The highest BCUT2D eigenvalue weighted by Crippen LogP contribution is 2.31. The van der Waals surface area contributed by atoms with E-state index in [4.69, 9.17) is 15.2 Å². The molecule has 1 unspecified atom stereocenters. The van der Waals surface area contributed by atoms with Crippen LogP contribution >= 0.6 is 11.3 Å². The van der Waals surface area contributed by atoms with Gasteiger partial charge in [0.05, 0.1) is 12.6 Å². The van der Waals surface area contributed by atoms with Gasteiger partial charge in [-0.3, -0.25) is 4.79 Å².